The van der Waals surface area contributed by atoms with Crippen LogP contribution in [0.1, 0.15) is 35.8 Å². The number of rotatable bonds is 6. The normalized spacial score (nSPS) is 11.0. The monoisotopic (exact) mass is 378 g/mol. The van der Waals surface area contributed by atoms with Crippen molar-refractivity contribution in [3.05, 3.63) is 35.7 Å². The van der Waals surface area contributed by atoms with Crippen LogP contribution in [0, 0.1) is 0 Å². The third kappa shape index (κ3) is 3.73. The molecular formula is C18H23ClN4O3. The summed E-state index contributed by atoms with van der Waals surface area (Å²) in [7, 11) is 3.63. The van der Waals surface area contributed by atoms with Gasteiger partial charge in [-0.15, -0.1) is 12.4 Å². The van der Waals surface area contributed by atoms with E-state index in [9.17, 15) is 4.79 Å². The fourth-order valence-corrected chi connectivity index (χ4v) is 2.67. The fourth-order valence-electron chi connectivity index (χ4n) is 2.67. The molecule has 0 radical (unpaired) electrons. The molecule has 3 heterocycles. The molecule has 140 valence electrons. The smallest absolute Gasteiger partial charge is 0.259 e. The average molecular weight is 379 g/mol. The summed E-state index contributed by atoms with van der Waals surface area (Å²) in [5.41, 5.74) is 2.16. The minimum Gasteiger partial charge on any atom is -0.463 e. The maximum Gasteiger partial charge on any atom is 0.259 e. The number of likely N-dealkylation sites (N-methyl/N-ethyl adjacent to an activating group) is 2. The summed E-state index contributed by atoms with van der Waals surface area (Å²) in [4.78, 5) is 19.2. The van der Waals surface area contributed by atoms with Gasteiger partial charge >= 0.3 is 0 Å². The number of amides is 1. The number of hydrogen-bond acceptors (Lipinski definition) is 6. The summed E-state index contributed by atoms with van der Waals surface area (Å²) in [6.45, 7) is 5.33. The molecule has 0 unspecified atom stereocenters. The van der Waals surface area contributed by atoms with Gasteiger partial charge in [0.2, 0.25) is 0 Å². The van der Waals surface area contributed by atoms with Gasteiger partial charge in [0.1, 0.15) is 5.69 Å². The summed E-state index contributed by atoms with van der Waals surface area (Å²) >= 11 is 0. The number of halogens is 1. The zero-order chi connectivity index (χ0) is 18.0. The van der Waals surface area contributed by atoms with Gasteiger partial charge in [-0.3, -0.25) is 4.79 Å². The summed E-state index contributed by atoms with van der Waals surface area (Å²) in [5, 5.41) is 7.85. The molecule has 3 rings (SSSR count). The van der Waals surface area contributed by atoms with Gasteiger partial charge in [-0.25, -0.2) is 4.98 Å². The number of fused-ring (bicyclic) bond motifs is 1. The Morgan fingerprint density at radius 1 is 1.38 bits per heavy atom. The first kappa shape index (κ1) is 19.9. The Balaban J connectivity index is 0.00000243. The van der Waals surface area contributed by atoms with Crippen molar-refractivity contribution in [2.24, 2.45) is 0 Å². The predicted octanol–water partition coefficient (Wildman–Crippen LogP) is 3.32. The number of pyridine rings is 1. The van der Waals surface area contributed by atoms with Crippen molar-refractivity contribution in [3.8, 4) is 11.5 Å². The lowest BCUT2D eigenvalue weighted by atomic mass is 10.0. The summed E-state index contributed by atoms with van der Waals surface area (Å²) in [6.07, 6.45) is 1.57. The van der Waals surface area contributed by atoms with Gasteiger partial charge in [-0.1, -0.05) is 19.0 Å². The lowest BCUT2D eigenvalue weighted by Crippen LogP contribution is -2.33. The molecule has 0 spiro atoms. The van der Waals surface area contributed by atoms with E-state index in [0.717, 1.165) is 5.69 Å². The third-order valence-electron chi connectivity index (χ3n) is 4.07. The Hall–Kier alpha value is -2.38. The highest BCUT2D eigenvalue weighted by molar-refractivity contribution is 6.07. The molecule has 26 heavy (non-hydrogen) atoms. The quantitative estimate of drug-likeness (QED) is 0.708. The van der Waals surface area contributed by atoms with Gasteiger partial charge in [0, 0.05) is 20.1 Å². The first-order valence-electron chi connectivity index (χ1n) is 8.27. The minimum absolute atomic E-state index is 0. The number of carbonyl (C=O) groups is 1. The van der Waals surface area contributed by atoms with Crippen LogP contribution in [0.25, 0.3) is 22.6 Å². The van der Waals surface area contributed by atoms with Gasteiger partial charge in [-0.05, 0) is 31.2 Å². The number of furan rings is 1. The molecule has 8 heteroatoms. The summed E-state index contributed by atoms with van der Waals surface area (Å²) in [6, 6.07) is 5.33. The SMILES string of the molecule is CNCCN(C)C(=O)c1cc(-c2ccco2)nc2onc(C(C)C)c12.Cl. The van der Waals surface area contributed by atoms with Gasteiger partial charge in [0.15, 0.2) is 5.76 Å². The van der Waals surface area contributed by atoms with Crippen molar-refractivity contribution in [2.45, 2.75) is 19.8 Å². The Morgan fingerprint density at radius 3 is 2.77 bits per heavy atom. The first-order valence-corrected chi connectivity index (χ1v) is 8.27. The number of nitrogens with one attached hydrogen (secondary N) is 1. The van der Waals surface area contributed by atoms with Crippen LogP contribution in [-0.4, -0.2) is 48.1 Å². The highest BCUT2D eigenvalue weighted by Gasteiger charge is 2.24. The number of carbonyl (C=O) groups excluding carboxylic acids is 1. The highest BCUT2D eigenvalue weighted by atomic mass is 35.5. The molecule has 0 aliphatic rings. The first-order chi connectivity index (χ1) is 12.0. The Labute approximate surface area is 158 Å². The average Bonchev–Trinajstić information content (AvgIpc) is 3.27. The Bertz CT molecular complexity index is 874. The van der Waals surface area contributed by atoms with E-state index in [2.05, 4.69) is 15.5 Å². The largest absolute Gasteiger partial charge is 0.463 e. The minimum atomic E-state index is -0.0967. The van der Waals surface area contributed by atoms with Crippen molar-refractivity contribution in [1.82, 2.24) is 20.4 Å². The molecule has 0 aliphatic heterocycles. The molecule has 0 saturated carbocycles. The predicted molar refractivity (Wildman–Crippen MR) is 102 cm³/mol. The Morgan fingerprint density at radius 2 is 2.15 bits per heavy atom. The molecule has 1 amide bonds. The topological polar surface area (TPSA) is 84.4 Å². The second-order valence-corrected chi connectivity index (χ2v) is 6.27. The fraction of sp³-hybridized carbons (Fsp3) is 0.389. The standard InChI is InChI=1S/C18H22N4O3.ClH/c1-11(2)16-15-12(18(23)22(4)8-7-19-3)10-13(14-6-5-9-24-14)20-17(15)25-21-16;/h5-6,9-11,19H,7-8H2,1-4H3;1H. The lowest BCUT2D eigenvalue weighted by Gasteiger charge is -2.18. The van der Waals surface area contributed by atoms with E-state index in [0.29, 0.717) is 41.2 Å². The molecular weight excluding hydrogens is 356 g/mol. The van der Waals surface area contributed by atoms with Crippen LogP contribution in [0.3, 0.4) is 0 Å². The third-order valence-corrected chi connectivity index (χ3v) is 4.07. The molecule has 7 nitrogen and oxygen atoms in total. The van der Waals surface area contributed by atoms with E-state index >= 15 is 0 Å². The van der Waals surface area contributed by atoms with E-state index < -0.39 is 0 Å². The number of aromatic nitrogens is 2. The number of hydrogen-bond donors (Lipinski definition) is 1. The molecule has 0 bridgehead atoms. The van der Waals surface area contributed by atoms with E-state index in [-0.39, 0.29) is 24.2 Å². The van der Waals surface area contributed by atoms with Crippen molar-refractivity contribution < 1.29 is 13.7 Å². The van der Waals surface area contributed by atoms with Crippen LogP contribution in [0.2, 0.25) is 0 Å². The van der Waals surface area contributed by atoms with Crippen molar-refractivity contribution in [2.75, 3.05) is 27.2 Å². The van der Waals surface area contributed by atoms with E-state index in [1.54, 1.807) is 36.4 Å². The maximum atomic E-state index is 13.0. The van der Waals surface area contributed by atoms with Gasteiger partial charge in [0.05, 0.1) is 22.9 Å². The second-order valence-electron chi connectivity index (χ2n) is 6.27. The van der Waals surface area contributed by atoms with Crippen LogP contribution in [-0.2, 0) is 0 Å². The Kier molecular flexibility index (Phi) is 6.39. The van der Waals surface area contributed by atoms with E-state index in [1.165, 1.54) is 0 Å². The van der Waals surface area contributed by atoms with Crippen molar-refractivity contribution in [3.63, 3.8) is 0 Å². The van der Waals surface area contributed by atoms with Crippen LogP contribution in [0.5, 0.6) is 0 Å². The van der Waals surface area contributed by atoms with Crippen molar-refractivity contribution >= 4 is 29.4 Å². The summed E-state index contributed by atoms with van der Waals surface area (Å²) < 4.78 is 10.8. The van der Waals surface area contributed by atoms with Crippen molar-refractivity contribution in [1.29, 1.82) is 0 Å². The molecule has 0 atom stereocenters. The highest BCUT2D eigenvalue weighted by Crippen LogP contribution is 2.31. The molecule has 0 aliphatic carbocycles. The molecule has 0 fully saturated rings. The van der Waals surface area contributed by atoms with Crippen LogP contribution < -0.4 is 5.32 Å². The lowest BCUT2D eigenvalue weighted by molar-refractivity contribution is 0.0798. The second kappa shape index (κ2) is 8.33. The van der Waals surface area contributed by atoms with Gasteiger partial charge in [0.25, 0.3) is 11.6 Å². The molecule has 3 aromatic rings. The molecule has 3 aromatic heterocycles. The van der Waals surface area contributed by atoms with E-state index in [1.807, 2.05) is 20.9 Å². The van der Waals surface area contributed by atoms with Crippen LogP contribution in [0.4, 0.5) is 0 Å². The van der Waals surface area contributed by atoms with Gasteiger partial charge < -0.3 is 19.2 Å². The zero-order valence-electron chi connectivity index (χ0n) is 15.3. The summed E-state index contributed by atoms with van der Waals surface area (Å²) in [5.74, 6) is 0.601. The van der Waals surface area contributed by atoms with E-state index in [4.69, 9.17) is 8.94 Å². The number of nitrogens with zero attached hydrogens (tertiary/aromatic N) is 3. The zero-order valence-corrected chi connectivity index (χ0v) is 16.1. The van der Waals surface area contributed by atoms with Gasteiger partial charge in [-0.2, -0.15) is 0 Å². The molecule has 0 aromatic carbocycles. The molecule has 1 N–H and O–H groups in total. The van der Waals surface area contributed by atoms with Crippen LogP contribution >= 0.6 is 12.4 Å². The maximum absolute atomic E-state index is 13.0. The molecule has 0 saturated heterocycles. The van der Waals surface area contributed by atoms with Crippen LogP contribution in [0.15, 0.2) is 33.4 Å².